The summed E-state index contributed by atoms with van der Waals surface area (Å²) in [5, 5.41) is 0. The van der Waals surface area contributed by atoms with Crippen molar-refractivity contribution in [2.24, 2.45) is 0 Å². The summed E-state index contributed by atoms with van der Waals surface area (Å²) in [6.07, 6.45) is 0.704. The number of benzene rings is 2. The minimum Gasteiger partial charge on any atom is -0.497 e. The molecule has 3 aromatic rings. The van der Waals surface area contributed by atoms with E-state index >= 15 is 0 Å². The number of hydrogen-bond acceptors (Lipinski definition) is 4. The van der Waals surface area contributed by atoms with Crippen LogP contribution in [0.5, 0.6) is 17.4 Å². The van der Waals surface area contributed by atoms with Crippen molar-refractivity contribution in [1.29, 1.82) is 0 Å². The van der Waals surface area contributed by atoms with E-state index in [9.17, 15) is 0 Å². The third-order valence-corrected chi connectivity index (χ3v) is 4.77. The van der Waals surface area contributed by atoms with Crippen LogP contribution in [0, 0.1) is 4.64 Å². The van der Waals surface area contributed by atoms with E-state index in [-0.39, 0.29) is 0 Å². The molecule has 0 saturated heterocycles. The highest BCUT2D eigenvalue weighted by atomic mass is 79.9. The summed E-state index contributed by atoms with van der Waals surface area (Å²) >= 11 is 8.98. The molecule has 6 heteroatoms. The Morgan fingerprint density at radius 1 is 1.21 bits per heavy atom. The van der Waals surface area contributed by atoms with Gasteiger partial charge in [0.1, 0.15) is 22.0 Å². The molecule has 0 unspecified atom stereocenters. The fourth-order valence-electron chi connectivity index (χ4n) is 2.69. The summed E-state index contributed by atoms with van der Waals surface area (Å²) in [6.45, 7) is 0. The molecule has 0 amide bonds. The second kappa shape index (κ2) is 6.03. The molecule has 4 nitrogen and oxygen atoms in total. The summed E-state index contributed by atoms with van der Waals surface area (Å²) in [5.41, 5.74) is 2.93. The quantitative estimate of drug-likeness (QED) is 0.465. The van der Waals surface area contributed by atoms with Crippen molar-refractivity contribution in [2.45, 2.75) is 6.42 Å². The lowest BCUT2D eigenvalue weighted by atomic mass is 10.0. The number of fused-ring (bicyclic) bond motifs is 2. The van der Waals surface area contributed by atoms with Crippen LogP contribution in [-0.2, 0) is 6.42 Å². The summed E-state index contributed by atoms with van der Waals surface area (Å²) in [5.74, 6) is 2.98. The molecule has 0 fully saturated rings. The van der Waals surface area contributed by atoms with Crippen molar-refractivity contribution in [3.05, 3.63) is 62.7 Å². The van der Waals surface area contributed by atoms with Crippen LogP contribution in [0.3, 0.4) is 0 Å². The van der Waals surface area contributed by atoms with Crippen molar-refractivity contribution >= 4 is 28.1 Å². The van der Waals surface area contributed by atoms with E-state index in [1.165, 1.54) is 0 Å². The number of hydrogen-bond donors (Lipinski definition) is 1. The number of H-pyrrole nitrogens is 1. The molecule has 24 heavy (non-hydrogen) atoms. The minimum atomic E-state index is 0.556. The molecule has 0 spiro atoms. The normalized spacial score (nSPS) is 12.1. The number of methoxy groups -OCH3 is 1. The first-order valence-electron chi connectivity index (χ1n) is 7.38. The van der Waals surface area contributed by atoms with Crippen LogP contribution in [0.1, 0.15) is 11.1 Å². The number of aromatic amines is 1. The van der Waals surface area contributed by atoms with E-state index in [1.807, 2.05) is 42.5 Å². The minimum absolute atomic E-state index is 0.556. The van der Waals surface area contributed by atoms with E-state index in [4.69, 9.17) is 21.7 Å². The molecule has 0 aliphatic carbocycles. The fourth-order valence-corrected chi connectivity index (χ4v) is 3.36. The molecule has 1 N–H and O–H groups in total. The molecule has 0 saturated carbocycles. The van der Waals surface area contributed by atoms with Gasteiger partial charge >= 0.3 is 0 Å². The van der Waals surface area contributed by atoms with E-state index in [0.717, 1.165) is 32.7 Å². The Kier molecular flexibility index (Phi) is 3.86. The van der Waals surface area contributed by atoms with Crippen LogP contribution in [0.4, 0.5) is 0 Å². The first-order valence-corrected chi connectivity index (χ1v) is 8.58. The SMILES string of the molecule is COc1ccc(-c2nc(=S)c3c([nH]2)Oc2ccc(Br)cc2C3)cc1. The highest BCUT2D eigenvalue weighted by Gasteiger charge is 2.20. The van der Waals surface area contributed by atoms with Crippen molar-refractivity contribution < 1.29 is 9.47 Å². The monoisotopic (exact) mass is 400 g/mol. The summed E-state index contributed by atoms with van der Waals surface area (Å²) in [7, 11) is 1.64. The molecule has 0 bridgehead atoms. The molecular formula is C18H13BrN2O2S. The summed E-state index contributed by atoms with van der Waals surface area (Å²) in [6, 6.07) is 13.6. The molecule has 2 heterocycles. The Morgan fingerprint density at radius 3 is 2.75 bits per heavy atom. The molecule has 120 valence electrons. The van der Waals surface area contributed by atoms with Gasteiger partial charge in [0.05, 0.1) is 12.7 Å². The van der Waals surface area contributed by atoms with Crippen LogP contribution in [0.15, 0.2) is 46.9 Å². The van der Waals surface area contributed by atoms with Gasteiger partial charge in [-0.2, -0.15) is 0 Å². The predicted molar refractivity (Wildman–Crippen MR) is 98.4 cm³/mol. The Morgan fingerprint density at radius 2 is 2.00 bits per heavy atom. The first kappa shape index (κ1) is 15.4. The van der Waals surface area contributed by atoms with Crippen LogP contribution in [0.2, 0.25) is 0 Å². The van der Waals surface area contributed by atoms with Crippen LogP contribution in [-0.4, -0.2) is 17.1 Å². The van der Waals surface area contributed by atoms with Gasteiger partial charge in [0.2, 0.25) is 5.88 Å². The van der Waals surface area contributed by atoms with Crippen molar-refractivity contribution in [2.75, 3.05) is 7.11 Å². The van der Waals surface area contributed by atoms with Crippen LogP contribution >= 0.6 is 28.1 Å². The number of aromatic nitrogens is 2. The van der Waals surface area contributed by atoms with Gasteiger partial charge in [-0.1, -0.05) is 28.1 Å². The number of rotatable bonds is 2. The standard InChI is InChI=1S/C18H13BrN2O2S/c1-22-13-5-2-10(3-6-13)16-20-17-14(18(24)21-16)9-11-8-12(19)4-7-15(11)23-17/h2-8H,9H2,1H3,(H,20,21,24). The number of halogens is 1. The van der Waals surface area contributed by atoms with E-state index in [2.05, 4.69) is 25.9 Å². The largest absolute Gasteiger partial charge is 0.497 e. The average molecular weight is 401 g/mol. The van der Waals surface area contributed by atoms with Gasteiger partial charge in [0.15, 0.2) is 0 Å². The number of nitrogens with one attached hydrogen (secondary N) is 1. The molecule has 1 aromatic heterocycles. The second-order valence-electron chi connectivity index (χ2n) is 5.46. The van der Waals surface area contributed by atoms with Gasteiger partial charge in [-0.15, -0.1) is 0 Å². The maximum atomic E-state index is 6.01. The van der Waals surface area contributed by atoms with Gasteiger partial charge in [-0.25, -0.2) is 4.98 Å². The average Bonchev–Trinajstić information content (AvgIpc) is 2.60. The second-order valence-corrected chi connectivity index (χ2v) is 6.76. The van der Waals surface area contributed by atoms with E-state index in [0.29, 0.717) is 22.8 Å². The topological polar surface area (TPSA) is 47.1 Å². The lowest BCUT2D eigenvalue weighted by molar-refractivity contribution is 0.415. The highest BCUT2D eigenvalue weighted by Crippen LogP contribution is 2.37. The fraction of sp³-hybridized carbons (Fsp3) is 0.111. The maximum Gasteiger partial charge on any atom is 0.205 e. The number of nitrogens with zero attached hydrogens (tertiary/aromatic N) is 1. The lowest BCUT2D eigenvalue weighted by Crippen LogP contribution is -2.07. The third kappa shape index (κ3) is 2.72. The first-order chi connectivity index (χ1) is 11.6. The summed E-state index contributed by atoms with van der Waals surface area (Å²) in [4.78, 5) is 7.80. The molecule has 0 radical (unpaired) electrons. The molecule has 1 aliphatic heterocycles. The Hall–Kier alpha value is -2.18. The Bertz CT molecular complexity index is 983. The predicted octanol–water partition coefficient (Wildman–Crippen LogP) is 5.27. The molecule has 0 atom stereocenters. The molecular weight excluding hydrogens is 388 g/mol. The van der Waals surface area contributed by atoms with Crippen LogP contribution in [0.25, 0.3) is 11.4 Å². The zero-order chi connectivity index (χ0) is 16.7. The Labute approximate surface area is 152 Å². The van der Waals surface area contributed by atoms with Gasteiger partial charge in [-0.3, -0.25) is 0 Å². The third-order valence-electron chi connectivity index (χ3n) is 3.94. The number of ether oxygens (including phenoxy) is 2. The van der Waals surface area contributed by atoms with Gasteiger partial charge in [-0.05, 0) is 42.5 Å². The van der Waals surface area contributed by atoms with Crippen molar-refractivity contribution in [3.63, 3.8) is 0 Å². The summed E-state index contributed by atoms with van der Waals surface area (Å²) < 4.78 is 12.8. The Balaban J connectivity index is 1.77. The molecule has 4 rings (SSSR count). The van der Waals surface area contributed by atoms with E-state index < -0.39 is 0 Å². The highest BCUT2D eigenvalue weighted by molar-refractivity contribution is 9.10. The molecule has 2 aromatic carbocycles. The lowest BCUT2D eigenvalue weighted by Gasteiger charge is -2.20. The van der Waals surface area contributed by atoms with Gasteiger partial charge in [0.25, 0.3) is 0 Å². The van der Waals surface area contributed by atoms with Crippen molar-refractivity contribution in [3.8, 4) is 28.8 Å². The molecule has 1 aliphatic rings. The zero-order valence-electron chi connectivity index (χ0n) is 12.8. The smallest absolute Gasteiger partial charge is 0.205 e. The maximum absolute atomic E-state index is 6.01. The van der Waals surface area contributed by atoms with Gasteiger partial charge < -0.3 is 14.5 Å². The van der Waals surface area contributed by atoms with Crippen LogP contribution < -0.4 is 9.47 Å². The van der Waals surface area contributed by atoms with Gasteiger partial charge in [0, 0.05) is 22.0 Å². The zero-order valence-corrected chi connectivity index (χ0v) is 15.2. The van der Waals surface area contributed by atoms with Crippen molar-refractivity contribution in [1.82, 2.24) is 9.97 Å². The van der Waals surface area contributed by atoms with E-state index in [1.54, 1.807) is 7.11 Å².